The van der Waals surface area contributed by atoms with Gasteiger partial charge in [-0.05, 0) is 18.6 Å². The number of carbonyl (C=O) groups excluding carboxylic acids is 1. The second-order valence-electron chi connectivity index (χ2n) is 2.02. The molecule has 0 aliphatic heterocycles. The molecule has 0 atom stereocenters. The minimum atomic E-state index is 0.439. The van der Waals surface area contributed by atoms with Crippen LogP contribution in [0.25, 0.3) is 0 Å². The fourth-order valence-electron chi connectivity index (χ4n) is 0.627. The molecule has 0 saturated heterocycles. The van der Waals surface area contributed by atoms with Crippen LogP contribution in [0.4, 0.5) is 0 Å². The van der Waals surface area contributed by atoms with Gasteiger partial charge in [-0.3, -0.25) is 0 Å². The standard InChI is InChI=1S/C9H14O2.C2H6/c1-3-6-9(4-2)11-8-5-7-10;1-2/h4,6-7H,2-3,5,8H2,1H3;1-2H3/b9-6+;. The van der Waals surface area contributed by atoms with E-state index in [2.05, 4.69) is 6.58 Å². The lowest BCUT2D eigenvalue weighted by Gasteiger charge is -2.02. The SMILES string of the molecule is C=C/C(=C\CC)OCCC=O.CC. The lowest BCUT2D eigenvalue weighted by molar-refractivity contribution is -0.108. The molecule has 76 valence electrons. The number of carbonyl (C=O) groups is 1. The van der Waals surface area contributed by atoms with Gasteiger partial charge in [0.25, 0.3) is 0 Å². The number of aldehydes is 1. The van der Waals surface area contributed by atoms with E-state index < -0.39 is 0 Å². The van der Waals surface area contributed by atoms with Crippen LogP contribution in [0.2, 0.25) is 0 Å². The maximum Gasteiger partial charge on any atom is 0.123 e. The normalized spacial score (nSPS) is 9.62. The summed E-state index contributed by atoms with van der Waals surface area (Å²) >= 11 is 0. The second kappa shape index (κ2) is 13.5. The molecular weight excluding hydrogens is 164 g/mol. The summed E-state index contributed by atoms with van der Waals surface area (Å²) in [6.45, 7) is 10.0. The summed E-state index contributed by atoms with van der Waals surface area (Å²) in [5.41, 5.74) is 0. The van der Waals surface area contributed by atoms with Crippen LogP contribution in [0.15, 0.2) is 24.5 Å². The zero-order chi connectivity index (χ0) is 10.5. The first kappa shape index (κ1) is 14.5. The van der Waals surface area contributed by atoms with Crippen LogP contribution < -0.4 is 0 Å². The van der Waals surface area contributed by atoms with E-state index in [0.29, 0.717) is 13.0 Å². The van der Waals surface area contributed by atoms with E-state index in [1.807, 2.05) is 26.8 Å². The Kier molecular flexibility index (Phi) is 15.1. The van der Waals surface area contributed by atoms with Gasteiger partial charge in [-0.15, -0.1) is 0 Å². The molecule has 0 aromatic carbocycles. The predicted octanol–water partition coefficient (Wildman–Crippen LogP) is 3.10. The lowest BCUT2D eigenvalue weighted by Crippen LogP contribution is -1.93. The van der Waals surface area contributed by atoms with Crippen LogP contribution >= 0.6 is 0 Å². The molecule has 0 aromatic rings. The van der Waals surface area contributed by atoms with E-state index >= 15 is 0 Å². The van der Waals surface area contributed by atoms with Crippen molar-refractivity contribution in [2.24, 2.45) is 0 Å². The maximum absolute atomic E-state index is 9.91. The van der Waals surface area contributed by atoms with Gasteiger partial charge >= 0.3 is 0 Å². The summed E-state index contributed by atoms with van der Waals surface area (Å²) in [6, 6.07) is 0. The van der Waals surface area contributed by atoms with Crippen LogP contribution in [-0.4, -0.2) is 12.9 Å². The van der Waals surface area contributed by atoms with Gasteiger partial charge in [0.05, 0.1) is 6.61 Å². The molecule has 0 amide bonds. The Bertz CT molecular complexity index is 148. The zero-order valence-corrected chi connectivity index (χ0v) is 8.88. The molecule has 0 aliphatic carbocycles. The fraction of sp³-hybridized carbons (Fsp3) is 0.545. The van der Waals surface area contributed by atoms with Crippen LogP contribution in [0, 0.1) is 0 Å². The lowest BCUT2D eigenvalue weighted by atomic mass is 10.3. The Morgan fingerprint density at radius 1 is 1.46 bits per heavy atom. The minimum absolute atomic E-state index is 0.439. The van der Waals surface area contributed by atoms with E-state index in [0.717, 1.165) is 18.5 Å². The van der Waals surface area contributed by atoms with Gasteiger partial charge in [0.2, 0.25) is 0 Å². The van der Waals surface area contributed by atoms with Crippen LogP contribution in [0.3, 0.4) is 0 Å². The molecule has 0 unspecified atom stereocenters. The van der Waals surface area contributed by atoms with Crippen molar-refractivity contribution < 1.29 is 9.53 Å². The van der Waals surface area contributed by atoms with Crippen molar-refractivity contribution in [3.8, 4) is 0 Å². The van der Waals surface area contributed by atoms with E-state index in [1.165, 1.54) is 0 Å². The largest absolute Gasteiger partial charge is 0.494 e. The highest BCUT2D eigenvalue weighted by Crippen LogP contribution is 2.00. The third-order valence-electron chi connectivity index (χ3n) is 1.11. The maximum atomic E-state index is 9.91. The van der Waals surface area contributed by atoms with Crippen molar-refractivity contribution in [1.82, 2.24) is 0 Å². The highest BCUT2D eigenvalue weighted by molar-refractivity contribution is 5.49. The van der Waals surface area contributed by atoms with E-state index in [9.17, 15) is 4.79 Å². The third kappa shape index (κ3) is 10.9. The Morgan fingerprint density at radius 2 is 2.08 bits per heavy atom. The molecule has 0 saturated carbocycles. The van der Waals surface area contributed by atoms with Gasteiger partial charge < -0.3 is 9.53 Å². The summed E-state index contributed by atoms with van der Waals surface area (Å²) in [5, 5.41) is 0. The van der Waals surface area contributed by atoms with Gasteiger partial charge in [-0.2, -0.15) is 0 Å². The zero-order valence-electron chi connectivity index (χ0n) is 8.88. The number of allylic oxidation sites excluding steroid dienone is 2. The molecule has 0 spiro atoms. The summed E-state index contributed by atoms with van der Waals surface area (Å²) in [4.78, 5) is 9.91. The Hall–Kier alpha value is -1.05. The molecule has 0 aromatic heterocycles. The van der Waals surface area contributed by atoms with Crippen LogP contribution in [-0.2, 0) is 9.53 Å². The molecule has 0 N–H and O–H groups in total. The average molecular weight is 184 g/mol. The smallest absolute Gasteiger partial charge is 0.123 e. The molecule has 0 bridgehead atoms. The predicted molar refractivity (Wildman–Crippen MR) is 56.6 cm³/mol. The summed E-state index contributed by atoms with van der Waals surface area (Å²) < 4.78 is 5.18. The molecule has 2 heteroatoms. The molecule has 0 fully saturated rings. The molecule has 0 aliphatic rings. The fourth-order valence-corrected chi connectivity index (χ4v) is 0.627. The van der Waals surface area contributed by atoms with Crippen molar-refractivity contribution in [2.75, 3.05) is 6.61 Å². The number of ether oxygens (including phenoxy) is 1. The Balaban J connectivity index is 0. The van der Waals surface area contributed by atoms with Gasteiger partial charge in [0, 0.05) is 6.42 Å². The summed E-state index contributed by atoms with van der Waals surface area (Å²) in [6.07, 6.45) is 5.77. The first-order chi connectivity index (χ1) is 6.35. The quantitative estimate of drug-likeness (QED) is 0.274. The molecular formula is C11H20O2. The summed E-state index contributed by atoms with van der Waals surface area (Å²) in [5.74, 6) is 0.759. The van der Waals surface area contributed by atoms with Crippen molar-refractivity contribution in [3.05, 3.63) is 24.5 Å². The molecule has 13 heavy (non-hydrogen) atoms. The van der Waals surface area contributed by atoms with Crippen molar-refractivity contribution in [3.63, 3.8) is 0 Å². The molecule has 0 heterocycles. The highest BCUT2D eigenvalue weighted by Gasteiger charge is 1.89. The topological polar surface area (TPSA) is 26.3 Å². The Morgan fingerprint density at radius 3 is 2.46 bits per heavy atom. The van der Waals surface area contributed by atoms with Crippen molar-refractivity contribution in [1.29, 1.82) is 0 Å². The van der Waals surface area contributed by atoms with Gasteiger partial charge in [-0.1, -0.05) is 27.4 Å². The van der Waals surface area contributed by atoms with E-state index in [1.54, 1.807) is 6.08 Å². The summed E-state index contributed by atoms with van der Waals surface area (Å²) in [7, 11) is 0. The second-order valence-corrected chi connectivity index (χ2v) is 2.02. The van der Waals surface area contributed by atoms with Crippen LogP contribution in [0.1, 0.15) is 33.6 Å². The first-order valence-corrected chi connectivity index (χ1v) is 4.74. The molecule has 0 rings (SSSR count). The first-order valence-electron chi connectivity index (χ1n) is 4.74. The third-order valence-corrected chi connectivity index (χ3v) is 1.11. The number of hydrogen-bond donors (Lipinski definition) is 0. The van der Waals surface area contributed by atoms with Crippen molar-refractivity contribution in [2.45, 2.75) is 33.6 Å². The van der Waals surface area contributed by atoms with E-state index in [4.69, 9.17) is 4.74 Å². The highest BCUT2D eigenvalue weighted by atomic mass is 16.5. The molecule has 0 radical (unpaired) electrons. The number of rotatable bonds is 6. The van der Waals surface area contributed by atoms with Crippen LogP contribution in [0.5, 0.6) is 0 Å². The van der Waals surface area contributed by atoms with Crippen molar-refractivity contribution >= 4 is 6.29 Å². The number of hydrogen-bond acceptors (Lipinski definition) is 2. The monoisotopic (exact) mass is 184 g/mol. The Labute approximate surface area is 81.3 Å². The van der Waals surface area contributed by atoms with Gasteiger partial charge in [0.15, 0.2) is 0 Å². The molecule has 2 nitrogen and oxygen atoms in total. The average Bonchev–Trinajstić information content (AvgIpc) is 2.20. The van der Waals surface area contributed by atoms with Gasteiger partial charge in [-0.25, -0.2) is 0 Å². The van der Waals surface area contributed by atoms with E-state index in [-0.39, 0.29) is 0 Å². The van der Waals surface area contributed by atoms with Gasteiger partial charge in [0.1, 0.15) is 12.0 Å². The minimum Gasteiger partial charge on any atom is -0.494 e.